The molecule has 1 atom stereocenters. The largest absolute Gasteiger partial charge is 0.493 e. The summed E-state index contributed by atoms with van der Waals surface area (Å²) in [6.45, 7) is 8.88. The van der Waals surface area contributed by atoms with Gasteiger partial charge in [0.1, 0.15) is 5.75 Å². The predicted octanol–water partition coefficient (Wildman–Crippen LogP) is 3.45. The highest BCUT2D eigenvalue weighted by Crippen LogP contribution is 2.19. The molecule has 2 aromatic carbocycles. The molecule has 1 aliphatic heterocycles. The lowest BCUT2D eigenvalue weighted by Crippen LogP contribution is -2.45. The van der Waals surface area contributed by atoms with Crippen LogP contribution in [0, 0.1) is 5.92 Å². The van der Waals surface area contributed by atoms with Crippen molar-refractivity contribution >= 4 is 5.91 Å². The van der Waals surface area contributed by atoms with Crippen molar-refractivity contribution in [3.05, 3.63) is 65.7 Å². The van der Waals surface area contributed by atoms with E-state index in [0.717, 1.165) is 17.9 Å². The minimum Gasteiger partial charge on any atom is -0.493 e. The van der Waals surface area contributed by atoms with Gasteiger partial charge in [0, 0.05) is 26.2 Å². The Hall–Kier alpha value is -2.37. The van der Waals surface area contributed by atoms with Crippen LogP contribution in [0.25, 0.3) is 0 Å². The zero-order chi connectivity index (χ0) is 20.5. The van der Waals surface area contributed by atoms with E-state index in [0.29, 0.717) is 45.3 Å². The smallest absolute Gasteiger partial charge is 0.231 e. The number of ether oxygens (including phenoxy) is 2. The first kappa shape index (κ1) is 21.3. The molecule has 3 rings (SSSR count). The van der Waals surface area contributed by atoms with Gasteiger partial charge in [0.25, 0.3) is 0 Å². The first-order chi connectivity index (χ1) is 14.1. The second kappa shape index (κ2) is 11.0. The van der Waals surface area contributed by atoms with Crippen LogP contribution in [-0.2, 0) is 16.1 Å². The predicted molar refractivity (Wildman–Crippen MR) is 115 cm³/mol. The molecular formula is C24H32N2O3. The molecule has 1 unspecified atom stereocenters. The molecule has 0 bridgehead atoms. The molecule has 156 valence electrons. The molecule has 5 nitrogen and oxygen atoms in total. The van der Waals surface area contributed by atoms with Gasteiger partial charge in [0.15, 0.2) is 0 Å². The van der Waals surface area contributed by atoms with Crippen molar-refractivity contribution in [2.45, 2.75) is 26.3 Å². The molecule has 29 heavy (non-hydrogen) atoms. The number of carbonyl (C=O) groups excluding carboxylic acids is 1. The highest BCUT2D eigenvalue weighted by atomic mass is 16.5. The number of benzene rings is 2. The summed E-state index contributed by atoms with van der Waals surface area (Å²) >= 11 is 0. The minimum atomic E-state index is -0.192. The standard InChI is InChI=1S/C24H32N2O3/c1-19(2)18-29-22-10-8-20(9-11-22)16-25-17-23(21-6-4-3-5-7-21)24(27)26-12-14-28-15-13-26/h3-11,19,23,25H,12-18H2,1-2H3. The van der Waals surface area contributed by atoms with Crippen LogP contribution < -0.4 is 10.1 Å². The summed E-state index contributed by atoms with van der Waals surface area (Å²) in [5, 5.41) is 3.47. The fraction of sp³-hybridized carbons (Fsp3) is 0.458. The van der Waals surface area contributed by atoms with Crippen molar-refractivity contribution in [2.75, 3.05) is 39.5 Å². The maximum atomic E-state index is 13.1. The van der Waals surface area contributed by atoms with Crippen LogP contribution in [0.5, 0.6) is 5.75 Å². The Bertz CT molecular complexity index is 740. The molecule has 0 radical (unpaired) electrons. The Morgan fingerprint density at radius 1 is 1.07 bits per heavy atom. The van der Waals surface area contributed by atoms with E-state index in [9.17, 15) is 4.79 Å². The molecule has 1 heterocycles. The minimum absolute atomic E-state index is 0.171. The van der Waals surface area contributed by atoms with E-state index in [1.807, 2.05) is 47.4 Å². The first-order valence-electron chi connectivity index (χ1n) is 10.5. The van der Waals surface area contributed by atoms with E-state index >= 15 is 0 Å². The molecule has 0 aromatic heterocycles. The summed E-state index contributed by atoms with van der Waals surface area (Å²) in [5.41, 5.74) is 2.22. The van der Waals surface area contributed by atoms with Crippen LogP contribution in [-0.4, -0.2) is 50.3 Å². The van der Waals surface area contributed by atoms with Gasteiger partial charge < -0.3 is 19.7 Å². The van der Waals surface area contributed by atoms with Gasteiger partial charge in [0.2, 0.25) is 5.91 Å². The second-order valence-corrected chi connectivity index (χ2v) is 7.88. The van der Waals surface area contributed by atoms with Gasteiger partial charge in [-0.1, -0.05) is 56.3 Å². The van der Waals surface area contributed by atoms with Crippen molar-refractivity contribution in [3.63, 3.8) is 0 Å². The van der Waals surface area contributed by atoms with E-state index in [-0.39, 0.29) is 11.8 Å². The Labute approximate surface area is 174 Å². The molecule has 0 saturated carbocycles. The lowest BCUT2D eigenvalue weighted by Gasteiger charge is -2.30. The van der Waals surface area contributed by atoms with Gasteiger partial charge in [-0.25, -0.2) is 0 Å². The van der Waals surface area contributed by atoms with Crippen LogP contribution >= 0.6 is 0 Å². The van der Waals surface area contributed by atoms with Crippen LogP contribution in [0.15, 0.2) is 54.6 Å². The van der Waals surface area contributed by atoms with Crippen LogP contribution in [0.2, 0.25) is 0 Å². The lowest BCUT2D eigenvalue weighted by molar-refractivity contribution is -0.136. The quantitative estimate of drug-likeness (QED) is 0.705. The van der Waals surface area contributed by atoms with Gasteiger partial charge in [-0.3, -0.25) is 4.79 Å². The van der Waals surface area contributed by atoms with Crippen molar-refractivity contribution < 1.29 is 14.3 Å². The molecule has 1 fully saturated rings. The van der Waals surface area contributed by atoms with Crippen LogP contribution in [0.3, 0.4) is 0 Å². The maximum absolute atomic E-state index is 13.1. The van der Waals surface area contributed by atoms with E-state index in [1.165, 1.54) is 5.56 Å². The van der Waals surface area contributed by atoms with Gasteiger partial charge in [-0.05, 0) is 29.2 Å². The third-order valence-corrected chi connectivity index (χ3v) is 5.01. The average Bonchev–Trinajstić information content (AvgIpc) is 2.77. The maximum Gasteiger partial charge on any atom is 0.231 e. The van der Waals surface area contributed by atoms with Gasteiger partial charge in [-0.2, -0.15) is 0 Å². The number of rotatable bonds is 9. The monoisotopic (exact) mass is 396 g/mol. The summed E-state index contributed by atoms with van der Waals surface area (Å²) in [7, 11) is 0. The molecule has 1 N–H and O–H groups in total. The van der Waals surface area contributed by atoms with E-state index in [2.05, 4.69) is 31.3 Å². The highest BCUT2D eigenvalue weighted by molar-refractivity contribution is 5.84. The zero-order valence-electron chi connectivity index (χ0n) is 17.5. The molecule has 5 heteroatoms. The third kappa shape index (κ3) is 6.58. The number of morpholine rings is 1. The van der Waals surface area contributed by atoms with Crippen LogP contribution in [0.1, 0.15) is 30.9 Å². The fourth-order valence-electron chi connectivity index (χ4n) is 3.36. The molecule has 0 spiro atoms. The Kier molecular flexibility index (Phi) is 8.08. The summed E-state index contributed by atoms with van der Waals surface area (Å²) in [6.07, 6.45) is 0. The van der Waals surface area contributed by atoms with E-state index in [4.69, 9.17) is 9.47 Å². The number of amides is 1. The highest BCUT2D eigenvalue weighted by Gasteiger charge is 2.26. The van der Waals surface area contributed by atoms with Crippen LogP contribution in [0.4, 0.5) is 0 Å². The SMILES string of the molecule is CC(C)COc1ccc(CNCC(C(=O)N2CCOCC2)c2ccccc2)cc1. The number of carbonyl (C=O) groups is 1. The molecular weight excluding hydrogens is 364 g/mol. The van der Waals surface area contributed by atoms with Crippen molar-refractivity contribution in [1.82, 2.24) is 10.2 Å². The number of hydrogen-bond acceptors (Lipinski definition) is 4. The van der Waals surface area contributed by atoms with Crippen molar-refractivity contribution in [1.29, 1.82) is 0 Å². The van der Waals surface area contributed by atoms with E-state index < -0.39 is 0 Å². The Morgan fingerprint density at radius 3 is 2.41 bits per heavy atom. The number of nitrogens with one attached hydrogen (secondary N) is 1. The Morgan fingerprint density at radius 2 is 1.76 bits per heavy atom. The second-order valence-electron chi connectivity index (χ2n) is 7.88. The van der Waals surface area contributed by atoms with Gasteiger partial charge in [-0.15, -0.1) is 0 Å². The zero-order valence-corrected chi connectivity index (χ0v) is 17.5. The number of hydrogen-bond donors (Lipinski definition) is 1. The van der Waals surface area contributed by atoms with E-state index in [1.54, 1.807) is 0 Å². The summed E-state index contributed by atoms with van der Waals surface area (Å²) in [4.78, 5) is 15.0. The summed E-state index contributed by atoms with van der Waals surface area (Å²) in [6, 6.07) is 18.2. The fourth-order valence-corrected chi connectivity index (χ4v) is 3.36. The van der Waals surface area contributed by atoms with Crippen molar-refractivity contribution in [3.8, 4) is 5.75 Å². The Balaban J connectivity index is 1.57. The normalized spacial score (nSPS) is 15.3. The molecule has 1 amide bonds. The van der Waals surface area contributed by atoms with Crippen molar-refractivity contribution in [2.24, 2.45) is 5.92 Å². The lowest BCUT2D eigenvalue weighted by atomic mass is 9.97. The molecule has 1 saturated heterocycles. The van der Waals surface area contributed by atoms with Gasteiger partial charge >= 0.3 is 0 Å². The molecule has 2 aromatic rings. The summed E-state index contributed by atoms with van der Waals surface area (Å²) < 4.78 is 11.1. The first-order valence-corrected chi connectivity index (χ1v) is 10.5. The molecule has 1 aliphatic rings. The van der Waals surface area contributed by atoms with Gasteiger partial charge in [0.05, 0.1) is 25.7 Å². The number of nitrogens with zero attached hydrogens (tertiary/aromatic N) is 1. The summed E-state index contributed by atoms with van der Waals surface area (Å²) in [5.74, 6) is 1.38. The average molecular weight is 397 g/mol. The third-order valence-electron chi connectivity index (χ3n) is 5.01. The molecule has 0 aliphatic carbocycles. The topological polar surface area (TPSA) is 50.8 Å².